The van der Waals surface area contributed by atoms with Gasteiger partial charge < -0.3 is 4.90 Å². The van der Waals surface area contributed by atoms with E-state index in [2.05, 4.69) is 57.8 Å². The Labute approximate surface area is 129 Å². The molecular weight excluding hydrogens is 258 g/mol. The van der Waals surface area contributed by atoms with Gasteiger partial charge in [-0.3, -0.25) is 4.79 Å². The molecule has 1 fully saturated rings. The van der Waals surface area contributed by atoms with E-state index in [1.54, 1.807) is 0 Å². The highest BCUT2D eigenvalue weighted by molar-refractivity contribution is 5.82. The van der Waals surface area contributed by atoms with Crippen LogP contribution in [0.2, 0.25) is 0 Å². The highest BCUT2D eigenvalue weighted by atomic mass is 16.1. The largest absolute Gasteiger partial charge is 0.374 e. The summed E-state index contributed by atoms with van der Waals surface area (Å²) in [7, 11) is 2.11. The predicted molar refractivity (Wildman–Crippen MR) is 89.9 cm³/mol. The normalized spacial score (nSPS) is 22.7. The van der Waals surface area contributed by atoms with Crippen molar-refractivity contribution in [2.45, 2.75) is 47.0 Å². The average Bonchev–Trinajstić information content (AvgIpc) is 2.39. The Bertz CT molecular complexity index is 486. The van der Waals surface area contributed by atoms with E-state index in [1.165, 1.54) is 16.8 Å². The van der Waals surface area contributed by atoms with Gasteiger partial charge in [-0.25, -0.2) is 0 Å². The second-order valence-electron chi connectivity index (χ2n) is 7.17. The summed E-state index contributed by atoms with van der Waals surface area (Å²) in [5, 5.41) is 0. The van der Waals surface area contributed by atoms with E-state index in [0.717, 1.165) is 25.8 Å². The maximum absolute atomic E-state index is 12.2. The van der Waals surface area contributed by atoms with Crippen LogP contribution in [0.25, 0.3) is 0 Å². The third kappa shape index (κ3) is 4.09. The fourth-order valence-electron chi connectivity index (χ4n) is 3.54. The van der Waals surface area contributed by atoms with Gasteiger partial charge in [-0.15, -0.1) is 0 Å². The van der Waals surface area contributed by atoms with Crippen molar-refractivity contribution in [3.05, 3.63) is 29.3 Å². The van der Waals surface area contributed by atoms with Gasteiger partial charge in [0.1, 0.15) is 5.78 Å². The van der Waals surface area contributed by atoms with E-state index in [-0.39, 0.29) is 5.92 Å². The highest BCUT2D eigenvalue weighted by Gasteiger charge is 2.30. The second kappa shape index (κ2) is 6.64. The van der Waals surface area contributed by atoms with Crippen LogP contribution >= 0.6 is 0 Å². The Kier molecular flexibility index (Phi) is 5.08. The van der Waals surface area contributed by atoms with Crippen molar-refractivity contribution in [3.63, 3.8) is 0 Å². The lowest BCUT2D eigenvalue weighted by Crippen LogP contribution is -2.36. The Morgan fingerprint density at radius 2 is 1.81 bits per heavy atom. The van der Waals surface area contributed by atoms with Crippen molar-refractivity contribution in [1.82, 2.24) is 0 Å². The number of benzene rings is 1. The van der Waals surface area contributed by atoms with Gasteiger partial charge in [0, 0.05) is 31.6 Å². The average molecular weight is 287 g/mol. The smallest absolute Gasteiger partial charge is 0.137 e. The molecule has 0 aliphatic heterocycles. The van der Waals surface area contributed by atoms with Crippen molar-refractivity contribution in [2.24, 2.45) is 17.8 Å². The van der Waals surface area contributed by atoms with Crippen LogP contribution in [0.3, 0.4) is 0 Å². The van der Waals surface area contributed by atoms with E-state index in [0.29, 0.717) is 17.6 Å². The van der Waals surface area contributed by atoms with E-state index in [9.17, 15) is 4.79 Å². The third-order valence-corrected chi connectivity index (χ3v) is 4.89. The lowest BCUT2D eigenvalue weighted by Gasteiger charge is -2.33. The molecule has 0 bridgehead atoms. The minimum absolute atomic E-state index is 0.206. The summed E-state index contributed by atoms with van der Waals surface area (Å²) >= 11 is 0. The summed E-state index contributed by atoms with van der Waals surface area (Å²) in [5.74, 6) is 2.06. The molecule has 0 N–H and O–H groups in total. The molecule has 1 saturated carbocycles. The molecule has 2 heteroatoms. The number of nitrogens with zero attached hydrogens (tertiary/aromatic N) is 1. The SMILES string of the molecule is Cc1cc(C)cc(N(C)CC2CC(C(C)C)CCC2=O)c1. The Balaban J connectivity index is 2.06. The maximum atomic E-state index is 12.2. The first-order chi connectivity index (χ1) is 9.86. The number of Topliss-reactive ketones (excluding diaryl/α,β-unsaturated/α-hetero) is 1. The van der Waals surface area contributed by atoms with Gasteiger partial charge in [-0.05, 0) is 61.8 Å². The Morgan fingerprint density at radius 1 is 1.19 bits per heavy atom. The number of rotatable bonds is 4. The molecule has 0 amide bonds. The molecule has 116 valence electrons. The van der Waals surface area contributed by atoms with Gasteiger partial charge in [0.05, 0.1) is 0 Å². The van der Waals surface area contributed by atoms with E-state index in [1.807, 2.05) is 0 Å². The van der Waals surface area contributed by atoms with E-state index < -0.39 is 0 Å². The molecule has 2 atom stereocenters. The second-order valence-corrected chi connectivity index (χ2v) is 7.17. The zero-order chi connectivity index (χ0) is 15.6. The summed E-state index contributed by atoms with van der Waals surface area (Å²) in [6, 6.07) is 6.61. The lowest BCUT2D eigenvalue weighted by atomic mass is 9.75. The Morgan fingerprint density at radius 3 is 2.38 bits per heavy atom. The van der Waals surface area contributed by atoms with Gasteiger partial charge in [0.2, 0.25) is 0 Å². The zero-order valence-corrected chi connectivity index (χ0v) is 14.1. The summed E-state index contributed by atoms with van der Waals surface area (Å²) in [4.78, 5) is 14.5. The van der Waals surface area contributed by atoms with Crippen LogP contribution in [0.1, 0.15) is 44.2 Å². The molecule has 0 heterocycles. The molecule has 1 aromatic rings. The molecule has 0 saturated heterocycles. The molecule has 2 rings (SSSR count). The van der Waals surface area contributed by atoms with Gasteiger partial charge in [0.15, 0.2) is 0 Å². The minimum atomic E-state index is 0.206. The molecule has 1 aliphatic rings. The van der Waals surface area contributed by atoms with Crippen LogP contribution in [0.4, 0.5) is 5.69 Å². The molecule has 0 radical (unpaired) electrons. The maximum Gasteiger partial charge on any atom is 0.137 e. The number of ketones is 1. The van der Waals surface area contributed by atoms with Crippen molar-refractivity contribution in [1.29, 1.82) is 0 Å². The first-order valence-electron chi connectivity index (χ1n) is 8.19. The first kappa shape index (κ1) is 16.1. The van der Waals surface area contributed by atoms with Crippen LogP contribution in [-0.2, 0) is 4.79 Å². The summed E-state index contributed by atoms with van der Waals surface area (Å²) in [5.41, 5.74) is 3.80. The molecular formula is C19H29NO. The molecule has 0 aromatic heterocycles. The minimum Gasteiger partial charge on any atom is -0.374 e. The van der Waals surface area contributed by atoms with Gasteiger partial charge in [0.25, 0.3) is 0 Å². The molecule has 21 heavy (non-hydrogen) atoms. The molecule has 0 spiro atoms. The van der Waals surface area contributed by atoms with Gasteiger partial charge >= 0.3 is 0 Å². The zero-order valence-electron chi connectivity index (χ0n) is 14.1. The molecule has 2 unspecified atom stereocenters. The third-order valence-electron chi connectivity index (χ3n) is 4.89. The Hall–Kier alpha value is -1.31. The number of hydrogen-bond donors (Lipinski definition) is 0. The van der Waals surface area contributed by atoms with Crippen LogP contribution in [0.5, 0.6) is 0 Å². The summed E-state index contributed by atoms with van der Waals surface area (Å²) < 4.78 is 0. The number of aryl methyl sites for hydroxylation is 2. The van der Waals surface area contributed by atoms with E-state index >= 15 is 0 Å². The van der Waals surface area contributed by atoms with Crippen LogP contribution in [-0.4, -0.2) is 19.4 Å². The topological polar surface area (TPSA) is 20.3 Å². The number of carbonyl (C=O) groups excluding carboxylic acids is 1. The standard InChI is InChI=1S/C19H29NO/c1-13(2)16-6-7-19(21)17(11-16)12-20(5)18-9-14(3)8-15(4)10-18/h8-10,13,16-17H,6-7,11-12H2,1-5H3. The number of hydrogen-bond acceptors (Lipinski definition) is 2. The highest BCUT2D eigenvalue weighted by Crippen LogP contribution is 2.32. The predicted octanol–water partition coefficient (Wildman–Crippen LogP) is 4.38. The van der Waals surface area contributed by atoms with Crippen molar-refractivity contribution < 1.29 is 4.79 Å². The fraction of sp³-hybridized carbons (Fsp3) is 0.632. The van der Waals surface area contributed by atoms with Crippen LogP contribution < -0.4 is 4.90 Å². The lowest BCUT2D eigenvalue weighted by molar-refractivity contribution is -0.125. The number of carbonyl (C=O) groups is 1. The van der Waals surface area contributed by atoms with Crippen LogP contribution in [0.15, 0.2) is 18.2 Å². The summed E-state index contributed by atoms with van der Waals surface area (Å²) in [6.45, 7) is 9.68. The quantitative estimate of drug-likeness (QED) is 0.819. The summed E-state index contributed by atoms with van der Waals surface area (Å²) in [6.07, 6.45) is 2.92. The molecule has 1 aliphatic carbocycles. The van der Waals surface area contributed by atoms with E-state index in [4.69, 9.17) is 0 Å². The first-order valence-corrected chi connectivity index (χ1v) is 8.19. The van der Waals surface area contributed by atoms with Crippen molar-refractivity contribution in [2.75, 3.05) is 18.5 Å². The molecule has 2 nitrogen and oxygen atoms in total. The van der Waals surface area contributed by atoms with Crippen molar-refractivity contribution >= 4 is 11.5 Å². The molecule has 1 aromatic carbocycles. The monoisotopic (exact) mass is 287 g/mol. The number of anilines is 1. The van der Waals surface area contributed by atoms with Gasteiger partial charge in [-0.2, -0.15) is 0 Å². The van der Waals surface area contributed by atoms with Crippen LogP contribution in [0, 0.1) is 31.6 Å². The van der Waals surface area contributed by atoms with Crippen molar-refractivity contribution in [3.8, 4) is 0 Å². The fourth-order valence-corrected chi connectivity index (χ4v) is 3.54. The van der Waals surface area contributed by atoms with Gasteiger partial charge in [-0.1, -0.05) is 19.9 Å².